The van der Waals surface area contributed by atoms with Crippen molar-refractivity contribution in [1.29, 1.82) is 0 Å². The topological polar surface area (TPSA) is 86.5 Å². The first-order valence-corrected chi connectivity index (χ1v) is 7.54. The Kier molecular flexibility index (Phi) is 3.24. The molecule has 0 aliphatic heterocycles. The molecule has 1 aliphatic carbocycles. The maximum absolute atomic E-state index is 11.6. The summed E-state index contributed by atoms with van der Waals surface area (Å²) in [6.45, 7) is 2.03. The Bertz CT molecular complexity index is 543. The second kappa shape index (κ2) is 4.40. The van der Waals surface area contributed by atoms with E-state index in [1.165, 1.54) is 6.07 Å². The number of hydrogen-bond donors (Lipinski definition) is 1. The molecule has 1 fully saturated rings. The van der Waals surface area contributed by atoms with E-state index >= 15 is 0 Å². The predicted octanol–water partition coefficient (Wildman–Crippen LogP) is 1.27. The third kappa shape index (κ3) is 3.05. The first-order chi connectivity index (χ1) is 7.88. The van der Waals surface area contributed by atoms with E-state index in [0.29, 0.717) is 17.4 Å². The highest BCUT2D eigenvalue weighted by Gasteiger charge is 2.25. The zero-order valence-electron chi connectivity index (χ0n) is 9.30. The summed E-state index contributed by atoms with van der Waals surface area (Å²) in [6.07, 6.45) is 2.19. The number of carbonyl (C=O) groups excluding carboxylic acids is 1. The minimum Gasteiger partial charge on any atom is -0.461 e. The monoisotopic (exact) mass is 275 g/mol. The van der Waals surface area contributed by atoms with Crippen LogP contribution in [0.2, 0.25) is 0 Å². The van der Waals surface area contributed by atoms with Crippen molar-refractivity contribution in [3.63, 3.8) is 0 Å². The lowest BCUT2D eigenvalue weighted by atomic mass is 10.4. The number of sulfonamides is 1. The van der Waals surface area contributed by atoms with Crippen molar-refractivity contribution in [3.8, 4) is 0 Å². The maximum atomic E-state index is 11.6. The molecule has 94 valence electrons. The van der Waals surface area contributed by atoms with Crippen molar-refractivity contribution in [2.45, 2.75) is 24.7 Å². The SMILES string of the molecule is Cc1sc(C(=O)OCC2CC2)cc1S(N)(=O)=O. The smallest absolute Gasteiger partial charge is 0.348 e. The van der Waals surface area contributed by atoms with E-state index in [2.05, 4.69) is 0 Å². The quantitative estimate of drug-likeness (QED) is 0.838. The predicted molar refractivity (Wildman–Crippen MR) is 63.4 cm³/mol. The second-order valence-electron chi connectivity index (χ2n) is 4.12. The molecular weight excluding hydrogens is 262 g/mol. The van der Waals surface area contributed by atoms with E-state index in [1.807, 2.05) is 0 Å². The van der Waals surface area contributed by atoms with Crippen LogP contribution in [-0.2, 0) is 14.8 Å². The fourth-order valence-electron chi connectivity index (χ4n) is 1.40. The van der Waals surface area contributed by atoms with Gasteiger partial charge in [-0.1, -0.05) is 0 Å². The van der Waals surface area contributed by atoms with Crippen LogP contribution in [0, 0.1) is 12.8 Å². The van der Waals surface area contributed by atoms with Gasteiger partial charge in [0, 0.05) is 4.88 Å². The molecule has 17 heavy (non-hydrogen) atoms. The number of hydrogen-bond acceptors (Lipinski definition) is 5. The maximum Gasteiger partial charge on any atom is 0.348 e. The number of thiophene rings is 1. The Hall–Kier alpha value is -0.920. The summed E-state index contributed by atoms with van der Waals surface area (Å²) in [4.78, 5) is 12.4. The van der Waals surface area contributed by atoms with Gasteiger partial charge in [0.15, 0.2) is 0 Å². The number of rotatable bonds is 4. The van der Waals surface area contributed by atoms with E-state index in [0.717, 1.165) is 24.2 Å². The normalized spacial score (nSPS) is 15.9. The van der Waals surface area contributed by atoms with Crippen molar-refractivity contribution in [1.82, 2.24) is 0 Å². The van der Waals surface area contributed by atoms with Gasteiger partial charge in [0.1, 0.15) is 4.88 Å². The molecule has 7 heteroatoms. The van der Waals surface area contributed by atoms with Crippen molar-refractivity contribution >= 4 is 27.3 Å². The van der Waals surface area contributed by atoms with Crippen molar-refractivity contribution in [3.05, 3.63) is 15.8 Å². The Labute approximate surface area is 104 Å². The van der Waals surface area contributed by atoms with Crippen molar-refractivity contribution in [2.75, 3.05) is 6.61 Å². The van der Waals surface area contributed by atoms with Gasteiger partial charge >= 0.3 is 5.97 Å². The van der Waals surface area contributed by atoms with Gasteiger partial charge in [-0.25, -0.2) is 18.4 Å². The number of carbonyl (C=O) groups is 1. The molecule has 0 atom stereocenters. The van der Waals surface area contributed by atoms with Gasteiger partial charge in [0.25, 0.3) is 0 Å². The molecule has 1 aromatic heterocycles. The van der Waals surface area contributed by atoms with Gasteiger partial charge in [-0.3, -0.25) is 0 Å². The zero-order chi connectivity index (χ0) is 12.6. The van der Waals surface area contributed by atoms with E-state index in [9.17, 15) is 13.2 Å². The molecule has 5 nitrogen and oxygen atoms in total. The third-order valence-corrected chi connectivity index (χ3v) is 4.72. The molecule has 2 N–H and O–H groups in total. The minimum absolute atomic E-state index is 0.000807. The first kappa shape index (κ1) is 12.5. The molecule has 0 spiro atoms. The third-order valence-electron chi connectivity index (χ3n) is 2.53. The molecule has 1 aromatic rings. The summed E-state index contributed by atoms with van der Waals surface area (Å²) in [5.74, 6) is 0.0117. The first-order valence-electron chi connectivity index (χ1n) is 5.18. The fraction of sp³-hybridized carbons (Fsp3) is 0.500. The highest BCUT2D eigenvalue weighted by molar-refractivity contribution is 7.89. The second-order valence-corrected chi connectivity index (χ2v) is 6.90. The molecular formula is C10H13NO4S2. The largest absolute Gasteiger partial charge is 0.461 e. The van der Waals surface area contributed by atoms with Crippen LogP contribution in [0.4, 0.5) is 0 Å². The average molecular weight is 275 g/mol. The molecule has 0 saturated heterocycles. The van der Waals surface area contributed by atoms with Gasteiger partial charge in [0.2, 0.25) is 10.0 Å². The number of esters is 1. The van der Waals surface area contributed by atoms with E-state index in [4.69, 9.17) is 9.88 Å². The van der Waals surface area contributed by atoms with E-state index in [1.54, 1.807) is 6.92 Å². The van der Waals surface area contributed by atoms with Gasteiger partial charge in [-0.15, -0.1) is 11.3 Å². The van der Waals surface area contributed by atoms with E-state index in [-0.39, 0.29) is 9.77 Å². The highest BCUT2D eigenvalue weighted by atomic mass is 32.2. The van der Waals surface area contributed by atoms with Crippen molar-refractivity contribution < 1.29 is 17.9 Å². The lowest BCUT2D eigenvalue weighted by Crippen LogP contribution is -2.12. The molecule has 1 heterocycles. The van der Waals surface area contributed by atoms with Gasteiger partial charge in [-0.05, 0) is 31.7 Å². The Morgan fingerprint density at radius 1 is 1.59 bits per heavy atom. The van der Waals surface area contributed by atoms with Crippen LogP contribution in [0.1, 0.15) is 27.4 Å². The van der Waals surface area contributed by atoms with Gasteiger partial charge in [0.05, 0.1) is 11.5 Å². The van der Waals surface area contributed by atoms with Crippen LogP contribution in [0.25, 0.3) is 0 Å². The summed E-state index contributed by atoms with van der Waals surface area (Å²) >= 11 is 1.09. The summed E-state index contributed by atoms with van der Waals surface area (Å²) in [5.41, 5.74) is 0. The number of aryl methyl sites for hydroxylation is 1. The van der Waals surface area contributed by atoms with Crippen LogP contribution >= 0.6 is 11.3 Å². The number of ether oxygens (including phenoxy) is 1. The Morgan fingerprint density at radius 2 is 2.24 bits per heavy atom. The molecule has 1 saturated carbocycles. The highest BCUT2D eigenvalue weighted by Crippen LogP contribution is 2.30. The summed E-state index contributed by atoms with van der Waals surface area (Å²) in [7, 11) is -3.76. The molecule has 0 radical (unpaired) electrons. The lowest BCUT2D eigenvalue weighted by Gasteiger charge is -2.00. The van der Waals surface area contributed by atoms with E-state index < -0.39 is 16.0 Å². The van der Waals surface area contributed by atoms with Crippen LogP contribution < -0.4 is 5.14 Å². The molecule has 1 aliphatic rings. The fourth-order valence-corrected chi connectivity index (χ4v) is 3.44. The van der Waals surface area contributed by atoms with Crippen LogP contribution in [0.5, 0.6) is 0 Å². The van der Waals surface area contributed by atoms with Crippen LogP contribution in [0.3, 0.4) is 0 Å². The molecule has 2 rings (SSSR count). The van der Waals surface area contributed by atoms with Crippen LogP contribution in [-0.4, -0.2) is 21.0 Å². The average Bonchev–Trinajstić information content (AvgIpc) is 2.95. The zero-order valence-corrected chi connectivity index (χ0v) is 10.9. The van der Waals surface area contributed by atoms with Crippen molar-refractivity contribution in [2.24, 2.45) is 11.1 Å². The summed E-state index contributed by atoms with van der Waals surface area (Å²) in [6, 6.07) is 1.28. The Morgan fingerprint density at radius 3 is 2.71 bits per heavy atom. The lowest BCUT2D eigenvalue weighted by molar-refractivity contribution is 0.0491. The molecule has 0 bridgehead atoms. The summed E-state index contributed by atoms with van der Waals surface area (Å²) in [5, 5.41) is 5.03. The molecule has 0 unspecified atom stereocenters. The van der Waals surface area contributed by atoms with Crippen LogP contribution in [0.15, 0.2) is 11.0 Å². The minimum atomic E-state index is -3.76. The Balaban J connectivity index is 2.13. The molecule has 0 amide bonds. The standard InChI is InChI=1S/C10H13NO4S2/c1-6-9(17(11,13)14)4-8(16-6)10(12)15-5-7-2-3-7/h4,7H,2-3,5H2,1H3,(H2,11,13,14). The molecule has 0 aromatic carbocycles. The van der Waals surface area contributed by atoms with Gasteiger partial charge in [-0.2, -0.15) is 0 Å². The summed E-state index contributed by atoms with van der Waals surface area (Å²) < 4.78 is 27.5. The number of primary sulfonamides is 1. The van der Waals surface area contributed by atoms with Gasteiger partial charge < -0.3 is 4.74 Å². The number of nitrogens with two attached hydrogens (primary N) is 1.